The summed E-state index contributed by atoms with van der Waals surface area (Å²) in [6, 6.07) is 11.4. The highest BCUT2D eigenvalue weighted by Gasteiger charge is 2.25. The second-order valence-corrected chi connectivity index (χ2v) is 9.89. The molecule has 1 fully saturated rings. The van der Waals surface area contributed by atoms with Crippen LogP contribution < -0.4 is 4.74 Å². The summed E-state index contributed by atoms with van der Waals surface area (Å²) in [5, 5.41) is 0. The maximum Gasteiger partial charge on any atom is 0.337 e. The number of carbonyl (C=O) groups is 1. The molecule has 2 aromatic carbocycles. The van der Waals surface area contributed by atoms with E-state index in [1.54, 1.807) is 12.3 Å². The minimum atomic E-state index is -0.597. The number of imidazole rings is 1. The number of rotatable bonds is 9. The van der Waals surface area contributed by atoms with Crippen molar-refractivity contribution >= 4 is 28.3 Å². The van der Waals surface area contributed by atoms with Crippen LogP contribution in [0, 0.1) is 12.4 Å². The van der Waals surface area contributed by atoms with E-state index in [-0.39, 0.29) is 30.1 Å². The molecule has 10 nitrogen and oxygen atoms in total. The van der Waals surface area contributed by atoms with Crippen LogP contribution in [0.5, 0.6) is 5.75 Å². The first-order valence-corrected chi connectivity index (χ1v) is 13.2. The van der Waals surface area contributed by atoms with Crippen molar-refractivity contribution < 1.29 is 23.4 Å². The van der Waals surface area contributed by atoms with Crippen LogP contribution in [0.15, 0.2) is 54.7 Å². The Balaban J connectivity index is 1.15. The monoisotopic (exact) mass is 554 g/mol. The first kappa shape index (κ1) is 26.6. The lowest BCUT2D eigenvalue weighted by Crippen LogP contribution is -2.32. The third kappa shape index (κ3) is 5.66. The summed E-state index contributed by atoms with van der Waals surface area (Å²) in [4.78, 5) is 31.4. The van der Waals surface area contributed by atoms with E-state index in [0.717, 1.165) is 53.8 Å². The van der Waals surface area contributed by atoms with Crippen molar-refractivity contribution in [3.05, 3.63) is 94.9 Å². The summed E-state index contributed by atoms with van der Waals surface area (Å²) in [5.74, 6) is 0.397. The Kier molecular flexibility index (Phi) is 7.41. The lowest BCUT2D eigenvalue weighted by molar-refractivity contribution is -0.0591. The highest BCUT2D eigenvalue weighted by Crippen LogP contribution is 2.27. The second-order valence-electron chi connectivity index (χ2n) is 9.89. The van der Waals surface area contributed by atoms with Gasteiger partial charge in [0, 0.05) is 25.9 Å². The molecular formula is C30H27FN6O4. The lowest BCUT2D eigenvalue weighted by Gasteiger charge is -2.28. The topological polar surface area (TPSA) is 96.0 Å². The molecule has 2 aromatic heterocycles. The zero-order valence-electron chi connectivity index (χ0n) is 22.4. The fraction of sp³-hybridized carbons (Fsp3) is 0.300. The van der Waals surface area contributed by atoms with E-state index in [1.807, 2.05) is 18.2 Å². The normalized spacial score (nSPS) is 16.7. The number of hydrogen-bond donors (Lipinski definition) is 0. The molecule has 2 aliphatic heterocycles. The third-order valence-corrected chi connectivity index (χ3v) is 7.22. The molecule has 0 radical (unpaired) electrons. The summed E-state index contributed by atoms with van der Waals surface area (Å²) in [7, 11) is 1.37. The fourth-order valence-corrected chi connectivity index (χ4v) is 4.96. The third-order valence-electron chi connectivity index (χ3n) is 7.22. The number of esters is 1. The Labute approximate surface area is 235 Å². The standard InChI is InChI=1S/C30H27FN6O4/c1-32-21-4-6-27(23(31)14-21)41-18-28-33-10-7-24(34-28)20-8-11-36(15-20)17-29-35-25-5-3-19(30(38)39-2)13-26(25)37(29)16-22-9-12-40-22/h3-8,10,13-14,22H,9,11-12,15-18H2,2H3/t22-/m0/s1. The molecule has 0 N–H and O–H groups in total. The minimum Gasteiger partial charge on any atom is -0.483 e. The molecule has 4 aromatic rings. The van der Waals surface area contributed by atoms with Crippen LogP contribution >= 0.6 is 0 Å². The van der Waals surface area contributed by atoms with E-state index in [2.05, 4.69) is 30.4 Å². The SMILES string of the molecule is [C-]#[N+]c1ccc(OCc2nccc(C3=CCN(Cc4nc5ccc(C(=O)OC)cc5n4C[C@@H]4CCO4)C3)n2)c(F)c1. The van der Waals surface area contributed by atoms with Gasteiger partial charge in [0.1, 0.15) is 12.4 Å². The van der Waals surface area contributed by atoms with Gasteiger partial charge in [0.2, 0.25) is 0 Å². The van der Waals surface area contributed by atoms with Crippen LogP contribution in [0.1, 0.15) is 34.1 Å². The summed E-state index contributed by atoms with van der Waals surface area (Å²) in [6.07, 6.45) is 4.91. The second kappa shape index (κ2) is 11.4. The van der Waals surface area contributed by atoms with E-state index in [9.17, 15) is 9.18 Å². The number of ether oxygens (including phenoxy) is 3. The highest BCUT2D eigenvalue weighted by molar-refractivity contribution is 5.93. The van der Waals surface area contributed by atoms with E-state index < -0.39 is 5.82 Å². The van der Waals surface area contributed by atoms with Crippen molar-refractivity contribution in [2.24, 2.45) is 0 Å². The predicted molar refractivity (Wildman–Crippen MR) is 148 cm³/mol. The van der Waals surface area contributed by atoms with E-state index in [0.29, 0.717) is 31.0 Å². The highest BCUT2D eigenvalue weighted by atomic mass is 19.1. The Hall–Kier alpha value is -4.66. The zero-order valence-corrected chi connectivity index (χ0v) is 22.4. The Morgan fingerprint density at radius 2 is 2.10 bits per heavy atom. The quantitative estimate of drug-likeness (QED) is 0.219. The molecule has 0 amide bonds. The van der Waals surface area contributed by atoms with Crippen LogP contribution in [0.3, 0.4) is 0 Å². The fourth-order valence-electron chi connectivity index (χ4n) is 4.96. The van der Waals surface area contributed by atoms with Crippen LogP contribution in [-0.2, 0) is 29.2 Å². The average Bonchev–Trinajstić information content (AvgIpc) is 3.58. The molecule has 0 spiro atoms. The number of fused-ring (bicyclic) bond motifs is 1. The molecule has 208 valence electrons. The van der Waals surface area contributed by atoms with E-state index in [1.165, 1.54) is 19.2 Å². The molecule has 41 heavy (non-hydrogen) atoms. The maximum absolute atomic E-state index is 14.2. The number of halogens is 1. The molecule has 0 unspecified atom stereocenters. The molecule has 11 heteroatoms. The van der Waals surface area contributed by atoms with Gasteiger partial charge < -0.3 is 18.8 Å². The molecule has 1 atom stereocenters. The van der Waals surface area contributed by atoms with Gasteiger partial charge in [-0.3, -0.25) is 4.90 Å². The molecule has 0 aliphatic carbocycles. The van der Waals surface area contributed by atoms with Crippen molar-refractivity contribution in [3.8, 4) is 5.75 Å². The number of hydrogen-bond acceptors (Lipinski definition) is 8. The van der Waals surface area contributed by atoms with Crippen molar-refractivity contribution in [1.29, 1.82) is 0 Å². The van der Waals surface area contributed by atoms with Crippen LogP contribution in [0.2, 0.25) is 0 Å². The number of aromatic nitrogens is 4. The van der Waals surface area contributed by atoms with Crippen LogP contribution in [-0.4, -0.2) is 63.3 Å². The van der Waals surface area contributed by atoms with Gasteiger partial charge in [-0.05, 0) is 48.4 Å². The van der Waals surface area contributed by atoms with Crippen LogP contribution in [0.4, 0.5) is 10.1 Å². The number of benzene rings is 2. The van der Waals surface area contributed by atoms with Crippen molar-refractivity contribution in [1.82, 2.24) is 24.4 Å². The van der Waals surface area contributed by atoms with Crippen molar-refractivity contribution in [2.45, 2.75) is 32.2 Å². The van der Waals surface area contributed by atoms with Gasteiger partial charge in [-0.15, -0.1) is 0 Å². The summed E-state index contributed by atoms with van der Waals surface area (Å²) in [5.41, 5.74) is 4.23. The van der Waals surface area contributed by atoms with E-state index >= 15 is 0 Å². The smallest absolute Gasteiger partial charge is 0.337 e. The van der Waals surface area contributed by atoms with E-state index in [4.69, 9.17) is 25.8 Å². The van der Waals surface area contributed by atoms with Gasteiger partial charge in [0.05, 0.1) is 55.2 Å². The molecule has 4 heterocycles. The first-order chi connectivity index (χ1) is 20.0. The zero-order chi connectivity index (χ0) is 28.3. The number of nitrogens with zero attached hydrogens (tertiary/aromatic N) is 6. The summed E-state index contributed by atoms with van der Waals surface area (Å²) < 4.78 is 32.5. The maximum atomic E-state index is 14.2. The van der Waals surface area contributed by atoms with Crippen molar-refractivity contribution in [2.75, 3.05) is 26.8 Å². The molecule has 6 rings (SSSR count). The molecule has 0 saturated carbocycles. The Morgan fingerprint density at radius 3 is 2.85 bits per heavy atom. The molecule has 0 bridgehead atoms. The van der Waals surface area contributed by atoms with Gasteiger partial charge in [0.25, 0.3) is 0 Å². The van der Waals surface area contributed by atoms with Crippen molar-refractivity contribution in [3.63, 3.8) is 0 Å². The van der Waals surface area contributed by atoms with Crippen LogP contribution in [0.25, 0.3) is 21.5 Å². The Bertz CT molecular complexity index is 1690. The average molecular weight is 555 g/mol. The molecule has 1 saturated heterocycles. The summed E-state index contributed by atoms with van der Waals surface area (Å²) in [6.45, 7) is 10.4. The minimum absolute atomic E-state index is 0.0000562. The predicted octanol–water partition coefficient (Wildman–Crippen LogP) is 4.57. The summed E-state index contributed by atoms with van der Waals surface area (Å²) >= 11 is 0. The Morgan fingerprint density at radius 1 is 1.22 bits per heavy atom. The molecule has 2 aliphatic rings. The van der Waals surface area contributed by atoms with Gasteiger partial charge in [0.15, 0.2) is 23.1 Å². The number of methoxy groups -OCH3 is 1. The largest absolute Gasteiger partial charge is 0.483 e. The van der Waals surface area contributed by atoms with Gasteiger partial charge in [-0.1, -0.05) is 12.1 Å². The first-order valence-electron chi connectivity index (χ1n) is 13.2. The molecular weight excluding hydrogens is 527 g/mol. The number of carbonyl (C=O) groups excluding carboxylic acids is 1. The van der Waals surface area contributed by atoms with Gasteiger partial charge in [-0.2, -0.15) is 0 Å². The van der Waals surface area contributed by atoms with Gasteiger partial charge >= 0.3 is 5.97 Å². The van der Waals surface area contributed by atoms with Gasteiger partial charge in [-0.25, -0.2) is 29.0 Å². The lowest BCUT2D eigenvalue weighted by atomic mass is 10.1.